The van der Waals surface area contributed by atoms with E-state index in [1.165, 1.54) is 12.1 Å². The van der Waals surface area contributed by atoms with Gasteiger partial charge < -0.3 is 20.6 Å². The monoisotopic (exact) mass is 519 g/mol. The molecule has 1 atom stereocenters. The number of rotatable bonds is 7. The van der Waals surface area contributed by atoms with Crippen LogP contribution in [-0.2, 0) is 4.79 Å². The molecule has 3 N–H and O–H groups in total. The molecule has 2 aliphatic rings. The van der Waals surface area contributed by atoms with Gasteiger partial charge in [-0.3, -0.25) is 14.7 Å². The van der Waals surface area contributed by atoms with E-state index in [0.717, 1.165) is 51.5 Å². The summed E-state index contributed by atoms with van der Waals surface area (Å²) in [5, 5.41) is 16.6. The van der Waals surface area contributed by atoms with E-state index in [1.54, 1.807) is 12.1 Å². The average molecular weight is 519 g/mol. The Balaban J connectivity index is 0.00000300. The first kappa shape index (κ1) is 23.8. The number of benzene rings is 1. The number of aliphatic imine (C=N–C) groups is 1. The first-order valence-electron chi connectivity index (χ1n) is 10.0. The number of nitrogens with zero attached hydrogens (tertiary/aromatic N) is 3. The smallest absolute Gasteiger partial charge is 0.234 e. The Morgan fingerprint density at radius 1 is 1.24 bits per heavy atom. The molecule has 0 spiro atoms. The van der Waals surface area contributed by atoms with Gasteiger partial charge in [0.1, 0.15) is 5.82 Å². The maximum absolute atomic E-state index is 13.0. The summed E-state index contributed by atoms with van der Waals surface area (Å²) in [4.78, 5) is 20.8. The Morgan fingerprint density at radius 2 is 1.90 bits per heavy atom. The number of aliphatic hydroxyl groups is 1. The summed E-state index contributed by atoms with van der Waals surface area (Å²) in [5.41, 5.74) is 0.646. The number of hydrogen-bond acceptors (Lipinski definition) is 4. The summed E-state index contributed by atoms with van der Waals surface area (Å²) >= 11 is 0. The first-order valence-corrected chi connectivity index (χ1v) is 10.0. The number of halogens is 2. The summed E-state index contributed by atoms with van der Waals surface area (Å²) in [5.74, 6) is 0.543. The minimum absolute atomic E-state index is 0. The fourth-order valence-electron chi connectivity index (χ4n) is 3.21. The van der Waals surface area contributed by atoms with Crippen LogP contribution in [0.5, 0.6) is 0 Å². The first-order chi connectivity index (χ1) is 13.5. The van der Waals surface area contributed by atoms with E-state index >= 15 is 0 Å². The van der Waals surface area contributed by atoms with Crippen LogP contribution in [-0.4, -0.2) is 78.6 Å². The number of nitrogens with one attached hydrogen (secondary N) is 2. The molecule has 1 saturated heterocycles. The van der Waals surface area contributed by atoms with Gasteiger partial charge in [-0.05, 0) is 37.5 Å². The average Bonchev–Trinajstić information content (AvgIpc) is 3.50. The Morgan fingerprint density at radius 3 is 2.48 bits per heavy atom. The van der Waals surface area contributed by atoms with Crippen LogP contribution in [0.1, 0.15) is 31.4 Å². The highest BCUT2D eigenvalue weighted by atomic mass is 127. The molecule has 0 radical (unpaired) electrons. The lowest BCUT2D eigenvalue weighted by molar-refractivity contribution is -0.122. The maximum Gasteiger partial charge on any atom is 0.234 e. The number of amides is 1. The minimum atomic E-state index is -0.776. The van der Waals surface area contributed by atoms with Crippen LogP contribution in [0.15, 0.2) is 29.3 Å². The zero-order valence-corrected chi connectivity index (χ0v) is 19.1. The molecule has 1 aromatic rings. The van der Waals surface area contributed by atoms with Crippen LogP contribution in [0.25, 0.3) is 0 Å². The molecular weight excluding hydrogens is 488 g/mol. The molecule has 162 valence electrons. The highest BCUT2D eigenvalue weighted by Crippen LogP contribution is 2.18. The van der Waals surface area contributed by atoms with Crippen LogP contribution in [0, 0.1) is 5.82 Å². The SMILES string of the molecule is CCNC(=NCC(O)c1ccc(F)cc1)N1CCN(CC(=O)NC2CC2)CC1.I. The standard InChI is InChI=1S/C20H30FN5O2.HI/c1-2-22-20(23-13-18(27)15-3-5-16(21)6-4-15)26-11-9-25(10-12-26)14-19(28)24-17-7-8-17;/h3-6,17-18,27H,2,7-14H2,1H3,(H,22,23)(H,24,28);1H. The maximum atomic E-state index is 13.0. The van der Waals surface area contributed by atoms with Gasteiger partial charge in [0.25, 0.3) is 0 Å². The van der Waals surface area contributed by atoms with Gasteiger partial charge in [-0.2, -0.15) is 0 Å². The highest BCUT2D eigenvalue weighted by Gasteiger charge is 2.26. The normalized spacial score (nSPS) is 18.7. The summed E-state index contributed by atoms with van der Waals surface area (Å²) < 4.78 is 13.0. The van der Waals surface area contributed by atoms with E-state index in [4.69, 9.17) is 0 Å². The minimum Gasteiger partial charge on any atom is -0.386 e. The molecule has 1 aliphatic carbocycles. The van der Waals surface area contributed by atoms with E-state index in [1.807, 2.05) is 6.92 Å². The van der Waals surface area contributed by atoms with E-state index in [0.29, 0.717) is 18.2 Å². The van der Waals surface area contributed by atoms with Crippen LogP contribution >= 0.6 is 24.0 Å². The molecule has 1 aliphatic heterocycles. The van der Waals surface area contributed by atoms with Crippen molar-refractivity contribution in [2.24, 2.45) is 4.99 Å². The van der Waals surface area contributed by atoms with Crippen molar-refractivity contribution in [1.29, 1.82) is 0 Å². The predicted octanol–water partition coefficient (Wildman–Crippen LogP) is 1.34. The number of carbonyl (C=O) groups is 1. The molecule has 1 saturated carbocycles. The number of piperazine rings is 1. The summed E-state index contributed by atoms with van der Waals surface area (Å²) in [6.45, 7) is 6.52. The molecule has 1 heterocycles. The molecule has 2 fully saturated rings. The van der Waals surface area contributed by atoms with Crippen LogP contribution < -0.4 is 10.6 Å². The number of aliphatic hydroxyl groups excluding tert-OH is 1. The second-order valence-electron chi connectivity index (χ2n) is 7.37. The van der Waals surface area contributed by atoms with Gasteiger partial charge >= 0.3 is 0 Å². The van der Waals surface area contributed by atoms with Crippen molar-refractivity contribution in [3.8, 4) is 0 Å². The van der Waals surface area contributed by atoms with Gasteiger partial charge in [0, 0.05) is 38.8 Å². The van der Waals surface area contributed by atoms with Gasteiger partial charge in [0.15, 0.2) is 5.96 Å². The third-order valence-electron chi connectivity index (χ3n) is 4.99. The van der Waals surface area contributed by atoms with Crippen molar-refractivity contribution in [3.63, 3.8) is 0 Å². The lowest BCUT2D eigenvalue weighted by Gasteiger charge is -2.36. The van der Waals surface area contributed by atoms with Crippen LogP contribution in [0.3, 0.4) is 0 Å². The Hall–Kier alpha value is -1.46. The molecule has 0 bridgehead atoms. The van der Waals surface area contributed by atoms with Crippen molar-refractivity contribution in [2.45, 2.75) is 31.9 Å². The van der Waals surface area contributed by atoms with Gasteiger partial charge in [0.2, 0.25) is 5.91 Å². The second-order valence-corrected chi connectivity index (χ2v) is 7.37. The Bertz CT molecular complexity index is 676. The summed E-state index contributed by atoms with van der Waals surface area (Å²) in [6, 6.07) is 6.23. The third kappa shape index (κ3) is 7.71. The zero-order chi connectivity index (χ0) is 19.9. The molecule has 7 nitrogen and oxygen atoms in total. The molecule has 1 aromatic carbocycles. The van der Waals surface area contributed by atoms with E-state index < -0.39 is 6.10 Å². The van der Waals surface area contributed by atoms with Gasteiger partial charge in [0.05, 0.1) is 19.2 Å². The molecule has 1 unspecified atom stereocenters. The predicted molar refractivity (Wildman–Crippen MR) is 122 cm³/mol. The number of hydrogen-bond donors (Lipinski definition) is 3. The summed E-state index contributed by atoms with van der Waals surface area (Å²) in [7, 11) is 0. The Kier molecular flexibility index (Phi) is 9.57. The molecule has 1 amide bonds. The van der Waals surface area contributed by atoms with Crippen LogP contribution in [0.4, 0.5) is 4.39 Å². The Labute approximate surface area is 188 Å². The van der Waals surface area contributed by atoms with E-state index in [2.05, 4.69) is 25.4 Å². The zero-order valence-electron chi connectivity index (χ0n) is 16.8. The molecular formula is C20H31FIN5O2. The lowest BCUT2D eigenvalue weighted by Crippen LogP contribution is -2.54. The van der Waals surface area contributed by atoms with Gasteiger partial charge in [-0.15, -0.1) is 24.0 Å². The quantitative estimate of drug-likeness (QED) is 0.288. The topological polar surface area (TPSA) is 80.2 Å². The largest absolute Gasteiger partial charge is 0.386 e. The fourth-order valence-corrected chi connectivity index (χ4v) is 3.21. The van der Waals surface area contributed by atoms with E-state index in [-0.39, 0.29) is 42.2 Å². The van der Waals surface area contributed by atoms with Gasteiger partial charge in [-0.1, -0.05) is 12.1 Å². The van der Waals surface area contributed by atoms with Gasteiger partial charge in [-0.25, -0.2) is 4.39 Å². The third-order valence-corrected chi connectivity index (χ3v) is 4.99. The number of carbonyl (C=O) groups excluding carboxylic acids is 1. The molecule has 29 heavy (non-hydrogen) atoms. The lowest BCUT2D eigenvalue weighted by atomic mass is 10.1. The molecule has 3 rings (SSSR count). The van der Waals surface area contributed by atoms with Crippen molar-refractivity contribution in [1.82, 2.24) is 20.4 Å². The molecule has 0 aromatic heterocycles. The van der Waals surface area contributed by atoms with Crippen LogP contribution in [0.2, 0.25) is 0 Å². The number of guanidine groups is 1. The fraction of sp³-hybridized carbons (Fsp3) is 0.600. The highest BCUT2D eigenvalue weighted by molar-refractivity contribution is 14.0. The summed E-state index contributed by atoms with van der Waals surface area (Å²) in [6.07, 6.45) is 1.43. The van der Waals surface area contributed by atoms with Crippen molar-refractivity contribution in [3.05, 3.63) is 35.6 Å². The molecule has 9 heteroatoms. The van der Waals surface area contributed by atoms with Crippen molar-refractivity contribution >= 4 is 35.8 Å². The second kappa shape index (κ2) is 11.7. The van der Waals surface area contributed by atoms with E-state index in [9.17, 15) is 14.3 Å². The van der Waals surface area contributed by atoms with Crippen molar-refractivity contribution in [2.75, 3.05) is 45.8 Å². The van der Waals surface area contributed by atoms with Crippen molar-refractivity contribution < 1.29 is 14.3 Å².